The van der Waals surface area contributed by atoms with E-state index in [2.05, 4.69) is 25.8 Å². The van der Waals surface area contributed by atoms with Gasteiger partial charge in [-0.1, -0.05) is 59.3 Å². The van der Waals surface area contributed by atoms with Gasteiger partial charge >= 0.3 is 0 Å². The summed E-state index contributed by atoms with van der Waals surface area (Å²) in [6.07, 6.45) is 13.3. The molecule has 0 bridgehead atoms. The minimum atomic E-state index is 0.171. The van der Waals surface area contributed by atoms with Gasteiger partial charge in [0.25, 0.3) is 0 Å². The first-order chi connectivity index (χ1) is 10.0. The fraction of sp³-hybridized carbons (Fsp3) is 0.778. The number of imidazole rings is 1. The predicted molar refractivity (Wildman–Crippen MR) is 88.5 cm³/mol. The van der Waals surface area contributed by atoms with Crippen LogP contribution in [-0.4, -0.2) is 15.3 Å². The summed E-state index contributed by atoms with van der Waals surface area (Å²) >= 11 is 0. The van der Waals surface area contributed by atoms with E-state index in [0.29, 0.717) is 18.2 Å². The Balaban J connectivity index is 2.22. The molecule has 0 radical (unpaired) electrons. The molecule has 3 nitrogen and oxygen atoms in total. The zero-order chi connectivity index (χ0) is 15.7. The van der Waals surface area contributed by atoms with Gasteiger partial charge in [0, 0.05) is 25.9 Å². The van der Waals surface area contributed by atoms with Crippen molar-refractivity contribution >= 4 is 5.78 Å². The van der Waals surface area contributed by atoms with Crippen LogP contribution >= 0.6 is 0 Å². The topological polar surface area (TPSA) is 34.9 Å². The van der Waals surface area contributed by atoms with E-state index in [0.717, 1.165) is 12.3 Å². The smallest absolute Gasteiger partial charge is 0.198 e. The number of aryl methyl sites for hydroxylation is 1. The molecule has 2 atom stereocenters. The Morgan fingerprint density at radius 1 is 1.19 bits per heavy atom. The van der Waals surface area contributed by atoms with E-state index in [1.54, 1.807) is 6.20 Å². The van der Waals surface area contributed by atoms with Gasteiger partial charge in [-0.3, -0.25) is 4.79 Å². The molecule has 0 aromatic carbocycles. The minimum absolute atomic E-state index is 0.171. The summed E-state index contributed by atoms with van der Waals surface area (Å²) in [6, 6.07) is 0. The van der Waals surface area contributed by atoms with Gasteiger partial charge in [0.2, 0.25) is 0 Å². The average molecular weight is 292 g/mol. The van der Waals surface area contributed by atoms with Crippen molar-refractivity contribution in [1.82, 2.24) is 9.55 Å². The van der Waals surface area contributed by atoms with Crippen molar-refractivity contribution in [2.45, 2.75) is 72.1 Å². The lowest BCUT2D eigenvalue weighted by Crippen LogP contribution is -2.13. The van der Waals surface area contributed by atoms with Crippen LogP contribution in [0.2, 0.25) is 0 Å². The van der Waals surface area contributed by atoms with Gasteiger partial charge in [0.1, 0.15) is 0 Å². The van der Waals surface area contributed by atoms with Crippen LogP contribution in [0.1, 0.15) is 82.8 Å². The standard InChI is InChI=1S/C18H32N2O/c1-5-6-7-8-9-10-15(2)13-16(3)14-17(21)18-19-11-12-20(18)4/h11-12,15-16H,5-10,13-14H2,1-4H3/t15-,16-/m1/s1. The largest absolute Gasteiger partial charge is 0.332 e. The van der Waals surface area contributed by atoms with Crippen LogP contribution in [-0.2, 0) is 7.05 Å². The molecular formula is C18H32N2O. The van der Waals surface area contributed by atoms with Crippen LogP contribution in [0, 0.1) is 11.8 Å². The minimum Gasteiger partial charge on any atom is -0.332 e. The quantitative estimate of drug-likeness (QED) is 0.424. The Labute approximate surface area is 130 Å². The number of hydrogen-bond donors (Lipinski definition) is 0. The number of carbonyl (C=O) groups is 1. The van der Waals surface area contributed by atoms with Gasteiger partial charge in [-0.05, 0) is 18.3 Å². The maximum atomic E-state index is 12.2. The second kappa shape index (κ2) is 9.75. The van der Waals surface area contributed by atoms with Gasteiger partial charge in [0.05, 0.1) is 0 Å². The van der Waals surface area contributed by atoms with E-state index in [1.165, 1.54) is 38.5 Å². The van der Waals surface area contributed by atoms with E-state index >= 15 is 0 Å². The summed E-state index contributed by atoms with van der Waals surface area (Å²) in [7, 11) is 1.88. The van der Waals surface area contributed by atoms with Crippen molar-refractivity contribution in [3.63, 3.8) is 0 Å². The van der Waals surface area contributed by atoms with Gasteiger partial charge in [-0.25, -0.2) is 4.98 Å². The van der Waals surface area contributed by atoms with Crippen LogP contribution in [0.5, 0.6) is 0 Å². The highest BCUT2D eigenvalue weighted by atomic mass is 16.1. The zero-order valence-electron chi connectivity index (χ0n) is 14.3. The van der Waals surface area contributed by atoms with E-state index in [4.69, 9.17) is 0 Å². The molecule has 1 rings (SSSR count). The van der Waals surface area contributed by atoms with Crippen LogP contribution in [0.3, 0.4) is 0 Å². The van der Waals surface area contributed by atoms with Crippen molar-refractivity contribution in [3.05, 3.63) is 18.2 Å². The number of rotatable bonds is 11. The number of nitrogens with zero attached hydrogens (tertiary/aromatic N) is 2. The molecule has 3 heteroatoms. The van der Waals surface area contributed by atoms with E-state index in [9.17, 15) is 4.79 Å². The van der Waals surface area contributed by atoms with Crippen LogP contribution < -0.4 is 0 Å². The molecule has 0 fully saturated rings. The maximum absolute atomic E-state index is 12.2. The molecule has 0 aliphatic carbocycles. The first-order valence-corrected chi connectivity index (χ1v) is 8.55. The lowest BCUT2D eigenvalue weighted by molar-refractivity contribution is 0.0945. The Bertz CT molecular complexity index is 411. The van der Waals surface area contributed by atoms with Crippen molar-refractivity contribution < 1.29 is 4.79 Å². The highest BCUT2D eigenvalue weighted by molar-refractivity contribution is 5.92. The van der Waals surface area contributed by atoms with Crippen molar-refractivity contribution in [1.29, 1.82) is 0 Å². The second-order valence-corrected chi connectivity index (χ2v) is 6.64. The molecule has 21 heavy (non-hydrogen) atoms. The Morgan fingerprint density at radius 2 is 1.90 bits per heavy atom. The summed E-state index contributed by atoms with van der Waals surface area (Å²) in [5, 5.41) is 0. The summed E-state index contributed by atoms with van der Waals surface area (Å²) < 4.78 is 1.81. The van der Waals surface area contributed by atoms with Crippen LogP contribution in [0.4, 0.5) is 0 Å². The number of Topliss-reactive ketones (excluding diaryl/α,β-unsaturated/α-hetero) is 1. The van der Waals surface area contributed by atoms with Gasteiger partial charge in [-0.15, -0.1) is 0 Å². The summed E-state index contributed by atoms with van der Waals surface area (Å²) in [4.78, 5) is 16.3. The molecule has 1 heterocycles. The van der Waals surface area contributed by atoms with Crippen molar-refractivity contribution in [3.8, 4) is 0 Å². The average Bonchev–Trinajstić information content (AvgIpc) is 2.84. The number of unbranched alkanes of at least 4 members (excludes halogenated alkanes) is 4. The first-order valence-electron chi connectivity index (χ1n) is 8.55. The van der Waals surface area contributed by atoms with Crippen molar-refractivity contribution in [2.24, 2.45) is 18.9 Å². The highest BCUT2D eigenvalue weighted by Crippen LogP contribution is 2.22. The molecule has 120 valence electrons. The lowest BCUT2D eigenvalue weighted by Gasteiger charge is -2.16. The zero-order valence-corrected chi connectivity index (χ0v) is 14.3. The third-order valence-electron chi connectivity index (χ3n) is 4.21. The third kappa shape index (κ3) is 6.92. The molecule has 0 aliphatic rings. The fourth-order valence-corrected chi connectivity index (χ4v) is 3.03. The normalized spacial score (nSPS) is 14.1. The van der Waals surface area contributed by atoms with E-state index < -0.39 is 0 Å². The molecular weight excluding hydrogens is 260 g/mol. The van der Waals surface area contributed by atoms with E-state index in [1.807, 2.05) is 17.8 Å². The molecule has 0 aliphatic heterocycles. The van der Waals surface area contributed by atoms with Gasteiger partial charge in [-0.2, -0.15) is 0 Å². The highest BCUT2D eigenvalue weighted by Gasteiger charge is 2.16. The molecule has 0 amide bonds. The van der Waals surface area contributed by atoms with E-state index in [-0.39, 0.29) is 5.78 Å². The van der Waals surface area contributed by atoms with Gasteiger partial charge < -0.3 is 4.57 Å². The van der Waals surface area contributed by atoms with Crippen LogP contribution in [0.25, 0.3) is 0 Å². The molecule has 0 saturated carbocycles. The number of hydrogen-bond acceptors (Lipinski definition) is 2. The fourth-order valence-electron chi connectivity index (χ4n) is 3.03. The lowest BCUT2D eigenvalue weighted by atomic mass is 9.89. The van der Waals surface area contributed by atoms with Crippen molar-refractivity contribution in [2.75, 3.05) is 0 Å². The molecule has 0 unspecified atom stereocenters. The second-order valence-electron chi connectivity index (χ2n) is 6.64. The molecule has 0 spiro atoms. The molecule has 1 aromatic heterocycles. The molecule has 0 N–H and O–H groups in total. The van der Waals surface area contributed by atoms with Gasteiger partial charge in [0.15, 0.2) is 11.6 Å². The summed E-state index contributed by atoms with van der Waals surface area (Å²) in [5.74, 6) is 1.93. The monoisotopic (exact) mass is 292 g/mol. The third-order valence-corrected chi connectivity index (χ3v) is 4.21. The Hall–Kier alpha value is -1.12. The maximum Gasteiger partial charge on any atom is 0.198 e. The Kier molecular flexibility index (Phi) is 8.33. The van der Waals surface area contributed by atoms with Crippen LogP contribution in [0.15, 0.2) is 12.4 Å². The Morgan fingerprint density at radius 3 is 2.52 bits per heavy atom. The number of aromatic nitrogens is 2. The predicted octanol–water partition coefficient (Wildman–Crippen LogP) is 5.02. The molecule has 0 saturated heterocycles. The SMILES string of the molecule is CCCCCCC[C@@H](C)C[C@@H](C)CC(=O)c1nccn1C. The first kappa shape index (κ1) is 17.9. The summed E-state index contributed by atoms with van der Waals surface area (Å²) in [5.41, 5.74) is 0. The summed E-state index contributed by atoms with van der Waals surface area (Å²) in [6.45, 7) is 6.76. The number of ketones is 1. The number of carbonyl (C=O) groups excluding carboxylic acids is 1. The molecule has 1 aromatic rings.